The summed E-state index contributed by atoms with van der Waals surface area (Å²) in [7, 11) is 1.61. The molecule has 1 amide bonds. The molecule has 2 N–H and O–H groups in total. The number of aliphatic hydroxyl groups is 1. The van der Waals surface area contributed by atoms with Gasteiger partial charge in [-0.25, -0.2) is 0 Å². The molecule has 3 aromatic carbocycles. The minimum Gasteiger partial charge on any atom is -0.508 e. The standard InChI is InChI=1S/C25H25NO4/c1-30-21-13-9-19(10-14-21)26-24(18-7-11-20(27)12-8-18)22(25(26)29)15-16-23(28)17-5-3-2-4-6-17/h2-14,22-24,27-28H,15-16H2,1H3/t22?,23-,24-/m1/s1. The average molecular weight is 403 g/mol. The highest BCUT2D eigenvalue weighted by Gasteiger charge is 2.48. The topological polar surface area (TPSA) is 70.0 Å². The van der Waals surface area contributed by atoms with Crippen LogP contribution in [0.25, 0.3) is 0 Å². The summed E-state index contributed by atoms with van der Waals surface area (Å²) in [5, 5.41) is 20.2. The normalized spacial score (nSPS) is 19.3. The summed E-state index contributed by atoms with van der Waals surface area (Å²) < 4.78 is 5.22. The Morgan fingerprint density at radius 1 is 0.967 bits per heavy atom. The summed E-state index contributed by atoms with van der Waals surface area (Å²) in [6.07, 6.45) is 0.480. The Bertz CT molecular complexity index is 986. The molecule has 0 saturated carbocycles. The second-order valence-corrected chi connectivity index (χ2v) is 7.55. The number of anilines is 1. The van der Waals surface area contributed by atoms with E-state index < -0.39 is 6.10 Å². The van der Waals surface area contributed by atoms with Crippen molar-refractivity contribution in [3.8, 4) is 11.5 Å². The SMILES string of the molecule is COc1ccc(N2C(=O)C(CC[C@@H](O)c3ccccc3)[C@H]2c2ccc(O)cc2)cc1. The number of ether oxygens (including phenoxy) is 1. The molecule has 5 nitrogen and oxygen atoms in total. The molecule has 0 aromatic heterocycles. The van der Waals surface area contributed by atoms with E-state index in [9.17, 15) is 15.0 Å². The molecule has 3 atom stereocenters. The maximum Gasteiger partial charge on any atom is 0.233 e. The van der Waals surface area contributed by atoms with E-state index in [-0.39, 0.29) is 23.6 Å². The largest absolute Gasteiger partial charge is 0.508 e. The van der Waals surface area contributed by atoms with E-state index in [2.05, 4.69) is 0 Å². The van der Waals surface area contributed by atoms with Crippen LogP contribution in [0, 0.1) is 5.92 Å². The minimum atomic E-state index is -0.602. The molecular formula is C25H25NO4. The fraction of sp³-hybridized carbons (Fsp3) is 0.240. The molecule has 4 rings (SSSR count). The van der Waals surface area contributed by atoms with Gasteiger partial charge in [0, 0.05) is 5.69 Å². The number of carbonyl (C=O) groups excluding carboxylic acids is 1. The van der Waals surface area contributed by atoms with E-state index in [0.717, 1.165) is 22.6 Å². The van der Waals surface area contributed by atoms with Crippen LogP contribution in [0.15, 0.2) is 78.9 Å². The summed E-state index contributed by atoms with van der Waals surface area (Å²) in [5.41, 5.74) is 2.62. The quantitative estimate of drug-likeness (QED) is 0.565. The Kier molecular flexibility index (Phi) is 5.72. The number of rotatable bonds is 7. The number of amides is 1. The summed E-state index contributed by atoms with van der Waals surface area (Å²) in [6.45, 7) is 0. The first kappa shape index (κ1) is 20.0. The molecule has 5 heteroatoms. The molecular weight excluding hydrogens is 378 g/mol. The van der Waals surface area contributed by atoms with Gasteiger partial charge in [0.1, 0.15) is 11.5 Å². The third kappa shape index (κ3) is 3.89. The van der Waals surface area contributed by atoms with Crippen molar-refractivity contribution >= 4 is 11.6 Å². The maximum atomic E-state index is 13.1. The monoisotopic (exact) mass is 403 g/mol. The Morgan fingerprint density at radius 2 is 1.63 bits per heavy atom. The van der Waals surface area contributed by atoms with Crippen LogP contribution in [-0.2, 0) is 4.79 Å². The molecule has 1 aliphatic heterocycles. The summed E-state index contributed by atoms with van der Waals surface area (Å²) in [4.78, 5) is 14.9. The smallest absolute Gasteiger partial charge is 0.233 e. The molecule has 154 valence electrons. The van der Waals surface area contributed by atoms with E-state index in [1.807, 2.05) is 66.7 Å². The molecule has 1 heterocycles. The van der Waals surface area contributed by atoms with Crippen LogP contribution < -0.4 is 9.64 Å². The molecule has 0 spiro atoms. The number of aromatic hydroxyl groups is 1. The zero-order valence-electron chi connectivity index (χ0n) is 16.8. The summed E-state index contributed by atoms with van der Waals surface area (Å²) >= 11 is 0. The average Bonchev–Trinajstić information content (AvgIpc) is 2.79. The van der Waals surface area contributed by atoms with Crippen molar-refractivity contribution in [3.63, 3.8) is 0 Å². The number of carbonyl (C=O) groups is 1. The van der Waals surface area contributed by atoms with Crippen LogP contribution in [0.2, 0.25) is 0 Å². The Morgan fingerprint density at radius 3 is 2.27 bits per heavy atom. The molecule has 0 radical (unpaired) electrons. The molecule has 1 saturated heterocycles. The predicted octanol–water partition coefficient (Wildman–Crippen LogP) is 4.62. The van der Waals surface area contributed by atoms with Crippen molar-refractivity contribution in [2.75, 3.05) is 12.0 Å². The predicted molar refractivity (Wildman–Crippen MR) is 115 cm³/mol. The van der Waals surface area contributed by atoms with Crippen molar-refractivity contribution in [2.45, 2.75) is 25.0 Å². The van der Waals surface area contributed by atoms with Crippen LogP contribution in [0.4, 0.5) is 5.69 Å². The number of β-lactam (4-membered cyclic amide) rings is 1. The Balaban J connectivity index is 1.56. The second-order valence-electron chi connectivity index (χ2n) is 7.55. The molecule has 30 heavy (non-hydrogen) atoms. The number of benzene rings is 3. The van der Waals surface area contributed by atoms with Crippen molar-refractivity contribution in [1.29, 1.82) is 0 Å². The molecule has 1 aliphatic rings. The molecule has 0 aliphatic carbocycles. The first-order valence-corrected chi connectivity index (χ1v) is 10.1. The number of hydrogen-bond acceptors (Lipinski definition) is 4. The lowest BCUT2D eigenvalue weighted by molar-refractivity contribution is -0.131. The maximum absolute atomic E-state index is 13.1. The van der Waals surface area contributed by atoms with Gasteiger partial charge in [0.15, 0.2) is 0 Å². The minimum absolute atomic E-state index is 0.0403. The third-order valence-electron chi connectivity index (χ3n) is 5.73. The van der Waals surface area contributed by atoms with Crippen LogP contribution in [0.1, 0.15) is 36.1 Å². The zero-order valence-corrected chi connectivity index (χ0v) is 16.8. The number of methoxy groups -OCH3 is 1. The van der Waals surface area contributed by atoms with Gasteiger partial charge in [-0.05, 0) is 60.4 Å². The van der Waals surface area contributed by atoms with Gasteiger partial charge in [0.25, 0.3) is 0 Å². The molecule has 1 fully saturated rings. The van der Waals surface area contributed by atoms with E-state index in [1.165, 1.54) is 0 Å². The summed E-state index contributed by atoms with van der Waals surface area (Å²) in [6, 6.07) is 23.8. The van der Waals surface area contributed by atoms with Gasteiger partial charge in [-0.15, -0.1) is 0 Å². The van der Waals surface area contributed by atoms with Gasteiger partial charge >= 0.3 is 0 Å². The van der Waals surface area contributed by atoms with Gasteiger partial charge in [-0.3, -0.25) is 4.79 Å². The van der Waals surface area contributed by atoms with Crippen LogP contribution in [-0.4, -0.2) is 23.2 Å². The van der Waals surface area contributed by atoms with Gasteiger partial charge in [-0.2, -0.15) is 0 Å². The van der Waals surface area contributed by atoms with Crippen LogP contribution >= 0.6 is 0 Å². The molecule has 3 aromatic rings. The van der Waals surface area contributed by atoms with Gasteiger partial charge in [0.05, 0.1) is 25.2 Å². The van der Waals surface area contributed by atoms with E-state index >= 15 is 0 Å². The van der Waals surface area contributed by atoms with Crippen molar-refractivity contribution in [2.24, 2.45) is 5.92 Å². The Hall–Kier alpha value is -3.31. The van der Waals surface area contributed by atoms with Crippen molar-refractivity contribution in [3.05, 3.63) is 90.0 Å². The summed E-state index contributed by atoms with van der Waals surface area (Å²) in [5.74, 6) is 0.736. The van der Waals surface area contributed by atoms with Gasteiger partial charge in [0.2, 0.25) is 5.91 Å². The fourth-order valence-corrected chi connectivity index (χ4v) is 4.09. The number of nitrogens with zero attached hydrogens (tertiary/aromatic N) is 1. The highest BCUT2D eigenvalue weighted by atomic mass is 16.5. The highest BCUT2D eigenvalue weighted by Crippen LogP contribution is 2.46. The second kappa shape index (κ2) is 8.59. The van der Waals surface area contributed by atoms with Crippen LogP contribution in [0.5, 0.6) is 11.5 Å². The van der Waals surface area contributed by atoms with Crippen molar-refractivity contribution < 1.29 is 19.7 Å². The lowest BCUT2D eigenvalue weighted by Crippen LogP contribution is -2.55. The zero-order chi connectivity index (χ0) is 21.1. The van der Waals surface area contributed by atoms with E-state index in [4.69, 9.17) is 4.74 Å². The number of phenolic OH excluding ortho intramolecular Hbond substituents is 1. The van der Waals surface area contributed by atoms with E-state index in [1.54, 1.807) is 24.1 Å². The van der Waals surface area contributed by atoms with Crippen LogP contribution in [0.3, 0.4) is 0 Å². The first-order valence-electron chi connectivity index (χ1n) is 10.1. The Labute approximate surface area is 176 Å². The third-order valence-corrected chi connectivity index (χ3v) is 5.73. The van der Waals surface area contributed by atoms with Gasteiger partial charge < -0.3 is 19.8 Å². The number of aliphatic hydroxyl groups excluding tert-OH is 1. The fourth-order valence-electron chi connectivity index (χ4n) is 4.09. The molecule has 1 unspecified atom stereocenters. The lowest BCUT2D eigenvalue weighted by atomic mass is 9.78. The highest BCUT2D eigenvalue weighted by molar-refractivity contribution is 6.03. The number of phenols is 1. The first-order chi connectivity index (χ1) is 14.6. The van der Waals surface area contributed by atoms with E-state index in [0.29, 0.717) is 12.8 Å². The molecule has 0 bridgehead atoms. The lowest BCUT2D eigenvalue weighted by Gasteiger charge is -2.48. The number of hydrogen-bond donors (Lipinski definition) is 2. The van der Waals surface area contributed by atoms with Crippen molar-refractivity contribution in [1.82, 2.24) is 0 Å². The van der Waals surface area contributed by atoms with Gasteiger partial charge in [-0.1, -0.05) is 42.5 Å².